The molecule has 2 aromatic carbocycles. The summed E-state index contributed by atoms with van der Waals surface area (Å²) in [6, 6.07) is 20.3. The van der Waals surface area contributed by atoms with Crippen LogP contribution in [-0.2, 0) is 6.42 Å². The van der Waals surface area contributed by atoms with E-state index in [1.807, 2.05) is 36.4 Å². The highest BCUT2D eigenvalue weighted by atomic mass is 16.3. The van der Waals surface area contributed by atoms with Crippen LogP contribution >= 0.6 is 0 Å². The van der Waals surface area contributed by atoms with Crippen molar-refractivity contribution >= 4 is 0 Å². The lowest BCUT2D eigenvalue weighted by Crippen LogP contribution is -2.46. The van der Waals surface area contributed by atoms with Gasteiger partial charge in [0.2, 0.25) is 0 Å². The topological polar surface area (TPSA) is 20.2 Å². The zero-order chi connectivity index (χ0) is 14.5. The molecule has 0 spiro atoms. The standard InChI is InChI=1S/C20H20O/c21-20(15-13-18-9-5-2-6-10-18)16-14-19(20)12-11-17-7-3-1-4-8-17/h1-10,19,21H,11-12,14,16H2/t19-,20-/m1/s1. The van der Waals surface area contributed by atoms with Crippen LogP contribution in [0.1, 0.15) is 30.4 Å². The van der Waals surface area contributed by atoms with Gasteiger partial charge in [-0.3, -0.25) is 0 Å². The first-order valence-electron chi connectivity index (χ1n) is 7.61. The van der Waals surface area contributed by atoms with Crippen molar-refractivity contribution in [1.29, 1.82) is 0 Å². The molecule has 1 heteroatoms. The van der Waals surface area contributed by atoms with E-state index >= 15 is 0 Å². The summed E-state index contributed by atoms with van der Waals surface area (Å²) in [7, 11) is 0. The lowest BCUT2D eigenvalue weighted by molar-refractivity contribution is -0.0459. The number of hydrogen-bond donors (Lipinski definition) is 1. The Morgan fingerprint density at radius 1 is 1.00 bits per heavy atom. The Morgan fingerprint density at radius 2 is 1.67 bits per heavy atom. The fourth-order valence-electron chi connectivity index (χ4n) is 2.86. The van der Waals surface area contributed by atoms with E-state index in [4.69, 9.17) is 0 Å². The third-order valence-corrected chi connectivity index (χ3v) is 4.37. The van der Waals surface area contributed by atoms with Gasteiger partial charge in [-0.2, -0.15) is 0 Å². The Labute approximate surface area is 126 Å². The van der Waals surface area contributed by atoms with Gasteiger partial charge in [0.15, 0.2) is 0 Å². The normalized spacial score (nSPS) is 23.8. The van der Waals surface area contributed by atoms with Gasteiger partial charge in [-0.05, 0) is 49.3 Å². The minimum Gasteiger partial charge on any atom is -0.377 e. The van der Waals surface area contributed by atoms with Crippen LogP contribution in [-0.4, -0.2) is 10.7 Å². The highest BCUT2D eigenvalue weighted by Crippen LogP contribution is 2.41. The lowest BCUT2D eigenvalue weighted by Gasteiger charge is -2.41. The third kappa shape index (κ3) is 3.35. The number of rotatable bonds is 3. The molecule has 0 amide bonds. The Bertz CT molecular complexity index is 636. The molecule has 1 aliphatic carbocycles. The average Bonchev–Trinajstić information content (AvgIpc) is 2.54. The summed E-state index contributed by atoms with van der Waals surface area (Å²) in [5, 5.41) is 10.6. The quantitative estimate of drug-likeness (QED) is 0.845. The van der Waals surface area contributed by atoms with Crippen molar-refractivity contribution in [2.75, 3.05) is 0 Å². The molecular weight excluding hydrogens is 256 g/mol. The summed E-state index contributed by atoms with van der Waals surface area (Å²) >= 11 is 0. The monoisotopic (exact) mass is 276 g/mol. The first-order valence-corrected chi connectivity index (χ1v) is 7.61. The van der Waals surface area contributed by atoms with Crippen molar-refractivity contribution in [2.24, 2.45) is 5.92 Å². The highest BCUT2D eigenvalue weighted by Gasteiger charge is 2.43. The van der Waals surface area contributed by atoms with Gasteiger partial charge < -0.3 is 5.11 Å². The maximum Gasteiger partial charge on any atom is 0.128 e. The molecule has 21 heavy (non-hydrogen) atoms. The van der Waals surface area contributed by atoms with E-state index in [2.05, 4.69) is 36.1 Å². The fraction of sp³-hybridized carbons (Fsp3) is 0.300. The second-order valence-electron chi connectivity index (χ2n) is 5.80. The molecule has 106 valence electrons. The molecule has 0 unspecified atom stereocenters. The zero-order valence-corrected chi connectivity index (χ0v) is 12.1. The Balaban J connectivity index is 1.62. The van der Waals surface area contributed by atoms with Crippen molar-refractivity contribution in [1.82, 2.24) is 0 Å². The molecule has 2 atom stereocenters. The van der Waals surface area contributed by atoms with Crippen molar-refractivity contribution in [3.63, 3.8) is 0 Å². The molecule has 1 nitrogen and oxygen atoms in total. The fourth-order valence-corrected chi connectivity index (χ4v) is 2.86. The van der Waals surface area contributed by atoms with E-state index in [9.17, 15) is 5.11 Å². The van der Waals surface area contributed by atoms with Crippen molar-refractivity contribution in [3.05, 3.63) is 71.8 Å². The molecule has 2 aromatic rings. The summed E-state index contributed by atoms with van der Waals surface area (Å²) in [4.78, 5) is 0. The second kappa shape index (κ2) is 6.16. The van der Waals surface area contributed by atoms with Crippen LogP contribution in [0.3, 0.4) is 0 Å². The van der Waals surface area contributed by atoms with Crippen LogP contribution in [0.2, 0.25) is 0 Å². The van der Waals surface area contributed by atoms with Gasteiger partial charge in [-0.25, -0.2) is 0 Å². The van der Waals surface area contributed by atoms with Gasteiger partial charge in [0.05, 0.1) is 0 Å². The SMILES string of the molecule is O[C@]1(C#Cc2ccccc2)CC[C@H]1CCc1ccccc1. The van der Waals surface area contributed by atoms with E-state index in [1.54, 1.807) is 0 Å². The summed E-state index contributed by atoms with van der Waals surface area (Å²) in [6.07, 6.45) is 3.89. The predicted octanol–water partition coefficient (Wildman–Crippen LogP) is 3.81. The van der Waals surface area contributed by atoms with Crippen LogP contribution in [0.25, 0.3) is 0 Å². The van der Waals surface area contributed by atoms with Crippen LogP contribution in [0, 0.1) is 17.8 Å². The van der Waals surface area contributed by atoms with Crippen LogP contribution < -0.4 is 0 Å². The third-order valence-electron chi connectivity index (χ3n) is 4.37. The molecule has 1 saturated carbocycles. The maximum atomic E-state index is 10.6. The molecule has 3 rings (SSSR count). The smallest absolute Gasteiger partial charge is 0.128 e. The van der Waals surface area contributed by atoms with E-state index in [0.29, 0.717) is 5.92 Å². The predicted molar refractivity (Wildman–Crippen MR) is 85.8 cm³/mol. The molecule has 0 bridgehead atoms. The number of aryl methyl sites for hydroxylation is 1. The van der Waals surface area contributed by atoms with Crippen molar-refractivity contribution in [2.45, 2.75) is 31.3 Å². The number of hydrogen-bond acceptors (Lipinski definition) is 1. The Morgan fingerprint density at radius 3 is 2.29 bits per heavy atom. The highest BCUT2D eigenvalue weighted by molar-refractivity contribution is 5.37. The summed E-state index contributed by atoms with van der Waals surface area (Å²) < 4.78 is 0. The van der Waals surface area contributed by atoms with E-state index in [0.717, 1.165) is 31.2 Å². The molecule has 1 aliphatic rings. The maximum absolute atomic E-state index is 10.6. The molecule has 1 N–H and O–H groups in total. The minimum atomic E-state index is -0.787. The zero-order valence-electron chi connectivity index (χ0n) is 12.1. The van der Waals surface area contributed by atoms with Gasteiger partial charge in [-0.15, -0.1) is 0 Å². The molecule has 0 heterocycles. The van der Waals surface area contributed by atoms with E-state index in [1.165, 1.54) is 5.56 Å². The summed E-state index contributed by atoms with van der Waals surface area (Å²) in [5.74, 6) is 6.52. The van der Waals surface area contributed by atoms with Gasteiger partial charge in [-0.1, -0.05) is 60.4 Å². The largest absolute Gasteiger partial charge is 0.377 e. The van der Waals surface area contributed by atoms with Crippen molar-refractivity contribution in [3.8, 4) is 11.8 Å². The van der Waals surface area contributed by atoms with Gasteiger partial charge in [0.1, 0.15) is 5.60 Å². The molecule has 0 aliphatic heterocycles. The number of benzene rings is 2. The van der Waals surface area contributed by atoms with Crippen molar-refractivity contribution < 1.29 is 5.11 Å². The molecule has 0 aromatic heterocycles. The first kappa shape index (κ1) is 13.9. The summed E-state index contributed by atoms with van der Waals surface area (Å²) in [6.45, 7) is 0. The molecule has 0 saturated heterocycles. The van der Waals surface area contributed by atoms with Crippen LogP contribution in [0.15, 0.2) is 60.7 Å². The van der Waals surface area contributed by atoms with Gasteiger partial charge in [0.25, 0.3) is 0 Å². The lowest BCUT2D eigenvalue weighted by atomic mass is 9.67. The van der Waals surface area contributed by atoms with Gasteiger partial charge in [0, 0.05) is 5.56 Å². The Hall–Kier alpha value is -2.04. The first-order chi connectivity index (χ1) is 10.3. The van der Waals surface area contributed by atoms with E-state index < -0.39 is 5.60 Å². The summed E-state index contributed by atoms with van der Waals surface area (Å²) in [5.41, 5.74) is 1.52. The van der Waals surface area contributed by atoms with E-state index in [-0.39, 0.29) is 0 Å². The molecule has 1 fully saturated rings. The second-order valence-corrected chi connectivity index (χ2v) is 5.80. The van der Waals surface area contributed by atoms with Crippen LogP contribution in [0.5, 0.6) is 0 Å². The van der Waals surface area contributed by atoms with Crippen LogP contribution in [0.4, 0.5) is 0 Å². The minimum absolute atomic E-state index is 0.300. The molecular formula is C20H20O. The average molecular weight is 276 g/mol. The molecule has 0 radical (unpaired) electrons. The number of aliphatic hydroxyl groups is 1. The van der Waals surface area contributed by atoms with Gasteiger partial charge >= 0.3 is 0 Å². The Kier molecular flexibility index (Phi) is 4.08.